The van der Waals surface area contributed by atoms with Crippen LogP contribution in [-0.2, 0) is 65.4 Å². The third-order valence-corrected chi connectivity index (χ3v) is 19.6. The van der Waals surface area contributed by atoms with Gasteiger partial charge in [-0.05, 0) is 63.2 Å². The SMILES string of the molecule is CCCCCC/C=C\C=C/CCCCCCCC(=O)O[C@H](COC(=O)CCCCCCCCCCCCCCCCC)COP(=O)(O)OC[C@@H](O)COP(=O)(O)OC[C@@H](COC(=O)CCCCCCCCCCC(C)CC)OC(=O)CCCCCCCCCCCCCC(C)C. The molecule has 0 fully saturated rings. The number of carbonyl (C=O) groups is 4. The van der Waals surface area contributed by atoms with Gasteiger partial charge in [0, 0.05) is 25.7 Å². The Hall–Kier alpha value is -2.46. The minimum Gasteiger partial charge on any atom is -0.462 e. The van der Waals surface area contributed by atoms with E-state index < -0.39 is 97.5 Å². The summed E-state index contributed by atoms with van der Waals surface area (Å²) < 4.78 is 68.5. The summed E-state index contributed by atoms with van der Waals surface area (Å²) in [6.45, 7) is 9.54. The van der Waals surface area contributed by atoms with Crippen molar-refractivity contribution in [3.05, 3.63) is 24.3 Å². The van der Waals surface area contributed by atoms with Gasteiger partial charge in [0.2, 0.25) is 0 Å². The first-order valence-corrected chi connectivity index (χ1v) is 42.3. The summed E-state index contributed by atoms with van der Waals surface area (Å²) in [6, 6.07) is 0. The van der Waals surface area contributed by atoms with Crippen LogP contribution >= 0.6 is 15.6 Å². The molecule has 3 unspecified atom stereocenters. The molecular formula is C77H146O17P2. The summed E-state index contributed by atoms with van der Waals surface area (Å²) in [5.74, 6) is -0.604. The summed E-state index contributed by atoms with van der Waals surface area (Å²) in [5.41, 5.74) is 0. The molecule has 0 aliphatic rings. The lowest BCUT2D eigenvalue weighted by Gasteiger charge is -2.21. The zero-order valence-electron chi connectivity index (χ0n) is 62.2. The normalized spacial score (nSPS) is 14.4. The first-order chi connectivity index (χ1) is 46.4. The van der Waals surface area contributed by atoms with Gasteiger partial charge in [0.1, 0.15) is 19.3 Å². The van der Waals surface area contributed by atoms with Crippen molar-refractivity contribution in [2.75, 3.05) is 39.6 Å². The molecule has 0 radical (unpaired) electrons. The van der Waals surface area contributed by atoms with Gasteiger partial charge in [-0.3, -0.25) is 37.3 Å². The number of carbonyl (C=O) groups excluding carboxylic acids is 4. The van der Waals surface area contributed by atoms with E-state index in [1.165, 1.54) is 180 Å². The number of unbranched alkanes of at least 4 members (excludes halogenated alkanes) is 40. The molecule has 0 aromatic carbocycles. The number of phosphoric ester groups is 2. The molecule has 0 saturated heterocycles. The molecule has 17 nitrogen and oxygen atoms in total. The van der Waals surface area contributed by atoms with Crippen LogP contribution in [0.2, 0.25) is 0 Å². The van der Waals surface area contributed by atoms with Crippen LogP contribution < -0.4 is 0 Å². The van der Waals surface area contributed by atoms with Gasteiger partial charge in [0.05, 0.1) is 26.4 Å². The molecule has 19 heteroatoms. The zero-order chi connectivity index (χ0) is 70.7. The van der Waals surface area contributed by atoms with Crippen molar-refractivity contribution in [2.24, 2.45) is 11.8 Å². The first kappa shape index (κ1) is 93.5. The predicted octanol–water partition coefficient (Wildman–Crippen LogP) is 22.3. The Kier molecular flexibility index (Phi) is 66.6. The maximum atomic E-state index is 13.1. The molecule has 0 aromatic heterocycles. The number of rotatable bonds is 74. The number of esters is 4. The fourth-order valence-electron chi connectivity index (χ4n) is 11.3. The van der Waals surface area contributed by atoms with Crippen molar-refractivity contribution in [3.8, 4) is 0 Å². The zero-order valence-corrected chi connectivity index (χ0v) is 63.9. The van der Waals surface area contributed by atoms with E-state index in [1.807, 2.05) is 0 Å². The van der Waals surface area contributed by atoms with Gasteiger partial charge < -0.3 is 33.8 Å². The predicted molar refractivity (Wildman–Crippen MR) is 391 cm³/mol. The minimum atomic E-state index is -4.97. The maximum absolute atomic E-state index is 13.1. The topological polar surface area (TPSA) is 237 Å². The van der Waals surface area contributed by atoms with Crippen LogP contribution in [0.1, 0.15) is 375 Å². The Bertz CT molecular complexity index is 1950. The summed E-state index contributed by atoms with van der Waals surface area (Å²) in [5, 5.41) is 10.6. The van der Waals surface area contributed by atoms with E-state index in [2.05, 4.69) is 65.8 Å². The fraction of sp³-hybridized carbons (Fsp3) is 0.896. The third-order valence-electron chi connectivity index (χ3n) is 17.7. The molecule has 6 atom stereocenters. The van der Waals surface area contributed by atoms with Crippen LogP contribution in [0, 0.1) is 11.8 Å². The highest BCUT2D eigenvalue weighted by Crippen LogP contribution is 2.45. The highest BCUT2D eigenvalue weighted by molar-refractivity contribution is 7.47. The van der Waals surface area contributed by atoms with Gasteiger partial charge >= 0.3 is 39.5 Å². The maximum Gasteiger partial charge on any atom is 0.472 e. The Morgan fingerprint density at radius 2 is 0.615 bits per heavy atom. The number of aliphatic hydroxyl groups is 1. The standard InChI is InChI=1S/C77H146O17P2/c1-7-10-12-14-16-18-20-22-24-26-30-34-41-47-53-59-74(79)87-65-72(93-76(81)61-55-49-43-35-31-27-25-23-21-19-17-15-13-11-8-2)67-91-95(83,84)89-63-71(78)64-90-96(85,86)92-68-73(66-88-75(80)60-54-48-42-38-37-40-46-52-58-70(6)9-3)94-77(82)62-56-50-44-36-32-28-29-33-39-45-51-57-69(4)5/h19,21,23,25,69-73,78H,7-18,20,22,24,26-68H2,1-6H3,(H,83,84)(H,85,86)/b21-19-,25-23-/t70?,71-,72-,73-/m1/s1. The van der Waals surface area contributed by atoms with Crippen LogP contribution in [0.25, 0.3) is 0 Å². The average Bonchev–Trinajstić information content (AvgIpc) is 1.46. The van der Waals surface area contributed by atoms with Crippen LogP contribution in [0.4, 0.5) is 0 Å². The van der Waals surface area contributed by atoms with Crippen molar-refractivity contribution >= 4 is 39.5 Å². The van der Waals surface area contributed by atoms with E-state index in [0.717, 1.165) is 115 Å². The van der Waals surface area contributed by atoms with Gasteiger partial charge in [-0.1, -0.05) is 323 Å². The number of phosphoric acid groups is 2. The summed E-state index contributed by atoms with van der Waals surface area (Å²) in [4.78, 5) is 72.9. The Labute approximate surface area is 586 Å². The Balaban J connectivity index is 5.31. The molecule has 0 rings (SSSR count). The van der Waals surface area contributed by atoms with E-state index >= 15 is 0 Å². The van der Waals surface area contributed by atoms with Crippen LogP contribution in [-0.4, -0.2) is 96.7 Å². The molecule has 96 heavy (non-hydrogen) atoms. The van der Waals surface area contributed by atoms with E-state index in [0.29, 0.717) is 25.7 Å². The molecule has 3 N–H and O–H groups in total. The molecule has 0 aliphatic heterocycles. The van der Waals surface area contributed by atoms with Gasteiger partial charge in [-0.25, -0.2) is 9.13 Å². The highest BCUT2D eigenvalue weighted by atomic mass is 31.2. The number of aliphatic hydroxyl groups excluding tert-OH is 1. The smallest absolute Gasteiger partial charge is 0.462 e. The highest BCUT2D eigenvalue weighted by Gasteiger charge is 2.30. The Morgan fingerprint density at radius 3 is 0.938 bits per heavy atom. The Morgan fingerprint density at radius 1 is 0.344 bits per heavy atom. The second-order valence-electron chi connectivity index (χ2n) is 27.8. The molecule has 0 spiro atoms. The van der Waals surface area contributed by atoms with Crippen LogP contribution in [0.5, 0.6) is 0 Å². The second-order valence-corrected chi connectivity index (χ2v) is 30.7. The molecule has 0 aliphatic carbocycles. The monoisotopic (exact) mass is 1410 g/mol. The first-order valence-electron chi connectivity index (χ1n) is 39.3. The van der Waals surface area contributed by atoms with Crippen molar-refractivity contribution < 1.29 is 80.2 Å². The van der Waals surface area contributed by atoms with E-state index in [-0.39, 0.29) is 25.7 Å². The van der Waals surface area contributed by atoms with Gasteiger partial charge in [-0.15, -0.1) is 0 Å². The van der Waals surface area contributed by atoms with E-state index in [9.17, 15) is 43.2 Å². The summed E-state index contributed by atoms with van der Waals surface area (Å²) in [6.07, 6.45) is 58.9. The lowest BCUT2D eigenvalue weighted by Crippen LogP contribution is -2.30. The number of hydrogen-bond acceptors (Lipinski definition) is 15. The fourth-order valence-corrected chi connectivity index (χ4v) is 12.8. The second kappa shape index (κ2) is 68.3. The largest absolute Gasteiger partial charge is 0.472 e. The lowest BCUT2D eigenvalue weighted by molar-refractivity contribution is -0.161. The third kappa shape index (κ3) is 68.7. The molecule has 0 heterocycles. The molecule has 0 aromatic rings. The molecule has 0 amide bonds. The van der Waals surface area contributed by atoms with Crippen molar-refractivity contribution in [2.45, 2.75) is 394 Å². The molecular weight excluding hydrogens is 1260 g/mol. The van der Waals surface area contributed by atoms with E-state index in [1.54, 1.807) is 0 Å². The van der Waals surface area contributed by atoms with E-state index in [4.69, 9.17) is 37.0 Å². The van der Waals surface area contributed by atoms with Gasteiger partial charge in [0.25, 0.3) is 0 Å². The van der Waals surface area contributed by atoms with Crippen molar-refractivity contribution in [3.63, 3.8) is 0 Å². The van der Waals surface area contributed by atoms with Crippen molar-refractivity contribution in [1.82, 2.24) is 0 Å². The average molecular weight is 1410 g/mol. The molecule has 0 bridgehead atoms. The van der Waals surface area contributed by atoms with Crippen LogP contribution in [0.15, 0.2) is 24.3 Å². The summed E-state index contributed by atoms with van der Waals surface area (Å²) in [7, 11) is -9.93. The molecule has 0 saturated carbocycles. The number of ether oxygens (including phenoxy) is 4. The molecule has 566 valence electrons. The number of hydrogen-bond donors (Lipinski definition) is 3. The summed E-state index contributed by atoms with van der Waals surface area (Å²) >= 11 is 0. The van der Waals surface area contributed by atoms with Gasteiger partial charge in [0.15, 0.2) is 12.2 Å². The van der Waals surface area contributed by atoms with Crippen molar-refractivity contribution in [1.29, 1.82) is 0 Å². The van der Waals surface area contributed by atoms with Crippen LogP contribution in [0.3, 0.4) is 0 Å². The number of allylic oxidation sites excluding steroid dienone is 4. The van der Waals surface area contributed by atoms with Gasteiger partial charge in [-0.2, -0.15) is 0 Å². The quantitative estimate of drug-likeness (QED) is 0.0169. The minimum absolute atomic E-state index is 0.0854. The lowest BCUT2D eigenvalue weighted by atomic mass is 9.99.